The van der Waals surface area contributed by atoms with Gasteiger partial charge in [0.05, 0.1) is 57.4 Å². The van der Waals surface area contributed by atoms with Gasteiger partial charge in [-0.3, -0.25) is 9.59 Å². The summed E-state index contributed by atoms with van der Waals surface area (Å²) >= 11 is 0. The van der Waals surface area contributed by atoms with Gasteiger partial charge in [-0.2, -0.15) is 9.91 Å². The maximum absolute atomic E-state index is 12.4. The third-order valence-electron chi connectivity index (χ3n) is 11.2. The lowest BCUT2D eigenvalue weighted by Crippen LogP contribution is -2.25. The van der Waals surface area contributed by atoms with Crippen molar-refractivity contribution in [2.45, 2.75) is 83.7 Å². The number of aryl methyl sites for hydroxylation is 1. The van der Waals surface area contributed by atoms with Crippen LogP contribution < -0.4 is 15.4 Å². The molecule has 70 heavy (non-hydrogen) atoms. The Hall–Kier alpha value is -6.95. The van der Waals surface area contributed by atoms with Crippen molar-refractivity contribution in [3.63, 3.8) is 0 Å². The summed E-state index contributed by atoms with van der Waals surface area (Å²) < 4.78 is 23.0. The van der Waals surface area contributed by atoms with Crippen molar-refractivity contribution in [3.05, 3.63) is 132 Å². The van der Waals surface area contributed by atoms with E-state index in [0.29, 0.717) is 114 Å². The number of carbonyl (C=O) groups excluding carboxylic acids is 2. The van der Waals surface area contributed by atoms with E-state index < -0.39 is 0 Å². The Balaban J connectivity index is 0.717. The van der Waals surface area contributed by atoms with E-state index in [1.165, 1.54) is 6.20 Å². The van der Waals surface area contributed by atoms with Crippen molar-refractivity contribution in [2.75, 3.05) is 59.3 Å². The monoisotopic (exact) mass is 955 g/mol. The number of aromatic hydroxyl groups is 1. The fraction of sp³-hybridized carbons (Fsp3) is 0.415. The van der Waals surface area contributed by atoms with Crippen molar-refractivity contribution in [1.82, 2.24) is 40.8 Å². The van der Waals surface area contributed by atoms with E-state index in [2.05, 4.69) is 85.4 Å². The second kappa shape index (κ2) is 29.2. The topological polar surface area (TPSA) is 209 Å². The molecule has 0 saturated heterocycles. The molecule has 3 heterocycles. The highest BCUT2D eigenvalue weighted by molar-refractivity contribution is 5.94. The smallest absolute Gasteiger partial charge is 0.252 e. The number of carbonyl (C=O) groups is 2. The number of rotatable bonds is 32. The van der Waals surface area contributed by atoms with Gasteiger partial charge in [-0.05, 0) is 85.6 Å². The van der Waals surface area contributed by atoms with Crippen LogP contribution >= 0.6 is 0 Å². The van der Waals surface area contributed by atoms with Gasteiger partial charge in [0.15, 0.2) is 11.6 Å². The maximum atomic E-state index is 12.4. The fourth-order valence-corrected chi connectivity index (χ4v) is 7.16. The molecule has 370 valence electrons. The van der Waals surface area contributed by atoms with Gasteiger partial charge in [0.1, 0.15) is 5.75 Å². The Morgan fingerprint density at radius 1 is 0.700 bits per heavy atom. The number of phenols is 1. The number of nitrogens with one attached hydrogen (secondary N) is 2. The molecule has 0 saturated carbocycles. The van der Waals surface area contributed by atoms with Gasteiger partial charge in [-0.1, -0.05) is 92.7 Å². The number of hydrogen-bond donors (Lipinski definition) is 3. The van der Waals surface area contributed by atoms with Crippen LogP contribution in [-0.2, 0) is 37.5 Å². The molecule has 3 aromatic carbocycles. The number of tetrazole rings is 1. The molecule has 6 rings (SSSR count). The number of benzene rings is 3. The summed E-state index contributed by atoms with van der Waals surface area (Å²) in [6, 6.07) is 34.7. The molecule has 0 fully saturated rings. The van der Waals surface area contributed by atoms with Crippen LogP contribution in [0.4, 0.5) is 5.82 Å². The molecule has 0 unspecified atom stereocenters. The molecule has 6 aromatic rings. The van der Waals surface area contributed by atoms with Crippen molar-refractivity contribution in [3.8, 4) is 34.0 Å². The third kappa shape index (κ3) is 18.5. The summed E-state index contributed by atoms with van der Waals surface area (Å²) in [4.78, 5) is 35.4. The molecule has 3 N–H and O–H groups in total. The van der Waals surface area contributed by atoms with Gasteiger partial charge >= 0.3 is 0 Å². The summed E-state index contributed by atoms with van der Waals surface area (Å²) in [6.45, 7) is 9.48. The minimum absolute atomic E-state index is 0.0184. The first-order chi connectivity index (χ1) is 34.2. The van der Waals surface area contributed by atoms with Gasteiger partial charge < -0.3 is 34.7 Å². The van der Waals surface area contributed by atoms with Crippen LogP contribution in [0.2, 0.25) is 0 Å². The van der Waals surface area contributed by atoms with Gasteiger partial charge in [-0.15, -0.1) is 15.3 Å². The highest BCUT2D eigenvalue weighted by atomic mass is 16.5. The maximum Gasteiger partial charge on any atom is 0.252 e. The molecule has 17 heteroatoms. The average molecular weight is 955 g/mol. The number of pyridine rings is 2. The molecule has 0 aliphatic heterocycles. The van der Waals surface area contributed by atoms with E-state index in [1.54, 1.807) is 35.1 Å². The van der Waals surface area contributed by atoms with E-state index >= 15 is 0 Å². The Bertz CT molecular complexity index is 2430. The first kappa shape index (κ1) is 52.4. The zero-order chi connectivity index (χ0) is 49.1. The molecule has 3 aromatic heterocycles. The van der Waals surface area contributed by atoms with Gasteiger partial charge in [0.2, 0.25) is 11.8 Å². The highest BCUT2D eigenvalue weighted by Gasteiger charge is 2.26. The van der Waals surface area contributed by atoms with Crippen LogP contribution in [0.1, 0.15) is 87.0 Å². The molecular formula is C53H66N10O7. The molecule has 0 bridgehead atoms. The number of nitrogens with zero attached hydrogens (tertiary/aromatic N) is 8. The first-order valence-corrected chi connectivity index (χ1v) is 24.2. The van der Waals surface area contributed by atoms with Crippen LogP contribution in [-0.4, -0.2) is 106 Å². The average Bonchev–Trinajstić information content (AvgIpc) is 3.88. The minimum atomic E-state index is -0.246. The lowest BCUT2D eigenvalue weighted by Gasteiger charge is -2.20. The predicted octanol–water partition coefficient (Wildman–Crippen LogP) is 8.86. The third-order valence-corrected chi connectivity index (χ3v) is 11.2. The number of unbranched alkanes of at least 4 members (excludes halogenated alkanes) is 2. The molecule has 0 atom stereocenters. The summed E-state index contributed by atoms with van der Waals surface area (Å²) in [7, 11) is 0. The van der Waals surface area contributed by atoms with E-state index in [4.69, 9.17) is 23.9 Å². The molecule has 17 nitrogen and oxygen atoms in total. The van der Waals surface area contributed by atoms with E-state index in [-0.39, 0.29) is 29.5 Å². The van der Waals surface area contributed by atoms with Crippen LogP contribution in [0.5, 0.6) is 11.6 Å². The zero-order valence-electron chi connectivity index (χ0n) is 40.4. The Labute approximate surface area is 410 Å². The van der Waals surface area contributed by atoms with E-state index in [1.807, 2.05) is 48.5 Å². The quantitative estimate of drug-likeness (QED) is 0.0268. The SMILES string of the molecule is CC(C)(CCCCOc1cc(-c2ccccc2)cc(-c2ccccc2)n1)c1nnn(CCCCC(=O)NCCCOCCOCCOCCCNC(=O)c2ccc(N=NCc3ccccc3O)nc2)n1. The fourth-order valence-electron chi connectivity index (χ4n) is 7.16. The number of phenolic OH excluding ortho intramolecular Hbond substituents is 1. The summed E-state index contributed by atoms with van der Waals surface area (Å²) in [5.74, 6) is 1.65. The molecule has 0 radical (unpaired) electrons. The van der Waals surface area contributed by atoms with Crippen LogP contribution in [0.3, 0.4) is 0 Å². The molecular weight excluding hydrogens is 889 g/mol. The molecule has 0 aliphatic carbocycles. The minimum Gasteiger partial charge on any atom is -0.508 e. The van der Waals surface area contributed by atoms with Crippen molar-refractivity contribution in [1.29, 1.82) is 0 Å². The zero-order valence-corrected chi connectivity index (χ0v) is 40.4. The largest absolute Gasteiger partial charge is 0.508 e. The van der Waals surface area contributed by atoms with E-state index in [9.17, 15) is 14.7 Å². The molecule has 0 aliphatic rings. The highest BCUT2D eigenvalue weighted by Crippen LogP contribution is 2.30. The Morgan fingerprint density at radius 3 is 2.10 bits per heavy atom. The second-order valence-corrected chi connectivity index (χ2v) is 17.3. The summed E-state index contributed by atoms with van der Waals surface area (Å²) in [5, 5.41) is 37.1. The van der Waals surface area contributed by atoms with Gasteiger partial charge in [0.25, 0.3) is 5.91 Å². The van der Waals surface area contributed by atoms with Crippen LogP contribution in [0, 0.1) is 0 Å². The van der Waals surface area contributed by atoms with Crippen LogP contribution in [0.15, 0.2) is 126 Å². The lowest BCUT2D eigenvalue weighted by molar-refractivity contribution is -0.121. The number of hydrogen-bond acceptors (Lipinski definition) is 14. The predicted molar refractivity (Wildman–Crippen MR) is 267 cm³/mol. The molecule has 2 amide bonds. The number of aromatic nitrogens is 6. The van der Waals surface area contributed by atoms with Crippen molar-refractivity contribution in [2.24, 2.45) is 10.2 Å². The van der Waals surface area contributed by atoms with Crippen LogP contribution in [0.25, 0.3) is 22.4 Å². The van der Waals surface area contributed by atoms with Crippen molar-refractivity contribution < 1.29 is 33.6 Å². The Morgan fingerprint density at radius 2 is 1.39 bits per heavy atom. The normalized spacial score (nSPS) is 11.5. The first-order valence-electron chi connectivity index (χ1n) is 24.2. The number of azo groups is 1. The lowest BCUT2D eigenvalue weighted by atomic mass is 9.86. The van der Waals surface area contributed by atoms with E-state index in [0.717, 1.165) is 54.5 Å². The number of ether oxygens (including phenoxy) is 4. The molecule has 0 spiro atoms. The summed E-state index contributed by atoms with van der Waals surface area (Å²) in [5.41, 5.74) is 4.96. The number of amides is 2. The van der Waals surface area contributed by atoms with Crippen molar-refractivity contribution >= 4 is 17.6 Å². The summed E-state index contributed by atoms with van der Waals surface area (Å²) in [6.07, 6.45) is 7.44. The number of para-hydroxylation sites is 1. The second-order valence-electron chi connectivity index (χ2n) is 17.3. The van der Waals surface area contributed by atoms with Gasteiger partial charge in [-0.25, -0.2) is 9.97 Å². The standard InChI is InChI=1S/C53H66N10O7/c1-53(2,26-12-14-32-70-50-38-45(41-17-5-3-6-18-41)37-46(58-50)42-19-7-4-8-20-42)52-60-62-63(61-52)29-13-11-23-49(65)54-27-15-30-67-33-35-69-36-34-68-31-16-28-55-51(66)44-24-25-48(56-39-44)59-57-40-43-21-9-10-22-47(43)64/h3-10,17-22,24-25,37-39,64H,11-16,23,26-36,40H2,1-2H3,(H,54,65)(H,55,66). The Kier molecular flexibility index (Phi) is 21.8. The van der Waals surface area contributed by atoms with Gasteiger partial charge in [0, 0.05) is 61.5 Å².